The summed E-state index contributed by atoms with van der Waals surface area (Å²) in [5.41, 5.74) is 1.97. The molecule has 0 saturated heterocycles. The van der Waals surface area contributed by atoms with Gasteiger partial charge in [0, 0.05) is 18.0 Å². The Morgan fingerprint density at radius 2 is 1.56 bits per heavy atom. The maximum absolute atomic E-state index is 14.2. The monoisotopic (exact) mass is 363 g/mol. The molecule has 0 aliphatic carbocycles. The molecule has 25 heavy (non-hydrogen) atoms. The van der Waals surface area contributed by atoms with E-state index in [9.17, 15) is 13.6 Å². The topological polar surface area (TPSA) is 38.3 Å². The first-order valence-corrected chi connectivity index (χ1v) is 11.6. The van der Waals surface area contributed by atoms with Gasteiger partial charge in [-0.25, -0.2) is 8.78 Å². The third kappa shape index (κ3) is 5.21. The molecule has 6 heteroatoms. The van der Waals surface area contributed by atoms with Crippen molar-refractivity contribution < 1.29 is 18.3 Å². The zero-order chi connectivity index (χ0) is 18.6. The van der Waals surface area contributed by atoms with Crippen molar-refractivity contribution in [2.75, 3.05) is 12.4 Å². The van der Waals surface area contributed by atoms with Gasteiger partial charge in [-0.15, -0.1) is 0 Å². The van der Waals surface area contributed by atoms with Gasteiger partial charge in [0.05, 0.1) is 21.1 Å². The van der Waals surface area contributed by atoms with E-state index in [1.165, 1.54) is 12.1 Å². The average Bonchev–Trinajstić information content (AvgIpc) is 2.47. The van der Waals surface area contributed by atoms with Crippen LogP contribution in [0, 0.1) is 11.6 Å². The van der Waals surface area contributed by atoms with Gasteiger partial charge < -0.3 is 10.1 Å². The van der Waals surface area contributed by atoms with Gasteiger partial charge in [-0.1, -0.05) is 43.9 Å². The van der Waals surface area contributed by atoms with E-state index in [0.717, 1.165) is 11.1 Å². The summed E-state index contributed by atoms with van der Waals surface area (Å²) in [6.07, 6.45) is 0.131. The van der Waals surface area contributed by atoms with Gasteiger partial charge in [0.15, 0.2) is 0 Å². The molecular weight excluding hydrogens is 340 g/mol. The summed E-state index contributed by atoms with van der Waals surface area (Å²) in [5, 5.41) is 2.71. The predicted octanol–water partition coefficient (Wildman–Crippen LogP) is 3.84. The van der Waals surface area contributed by atoms with Crippen molar-refractivity contribution in [1.82, 2.24) is 0 Å². The second-order valence-electron chi connectivity index (χ2n) is 7.04. The third-order valence-electron chi connectivity index (χ3n) is 3.77. The molecule has 0 heterocycles. The summed E-state index contributed by atoms with van der Waals surface area (Å²) in [7, 11) is -0.513. The van der Waals surface area contributed by atoms with Crippen LogP contribution in [0.2, 0.25) is 19.6 Å². The van der Waals surface area contributed by atoms with Crippen molar-refractivity contribution >= 4 is 24.9 Å². The van der Waals surface area contributed by atoms with Crippen LogP contribution >= 0.6 is 0 Å². The molecule has 0 aliphatic heterocycles. The Morgan fingerprint density at radius 3 is 2.04 bits per heavy atom. The second-order valence-corrected chi connectivity index (χ2v) is 12.0. The van der Waals surface area contributed by atoms with Crippen LogP contribution in [0.15, 0.2) is 36.4 Å². The van der Waals surface area contributed by atoms with Crippen molar-refractivity contribution in [3.8, 4) is 0 Å². The quantitative estimate of drug-likeness (QED) is 0.792. The Labute approximate surface area is 148 Å². The highest BCUT2D eigenvalue weighted by atomic mass is 28.3. The fourth-order valence-corrected chi connectivity index (χ4v) is 4.25. The van der Waals surface area contributed by atoms with E-state index in [-0.39, 0.29) is 23.2 Å². The molecule has 0 aliphatic rings. The molecule has 1 amide bonds. The molecule has 2 rings (SSSR count). The zero-order valence-electron chi connectivity index (χ0n) is 15.0. The maximum atomic E-state index is 14.2. The molecule has 0 bridgehead atoms. The van der Waals surface area contributed by atoms with Crippen LogP contribution in [-0.2, 0) is 22.6 Å². The number of ether oxygens (including phenoxy) is 1. The number of carbonyl (C=O) groups excluding carboxylic acids is 1. The van der Waals surface area contributed by atoms with Gasteiger partial charge in [0.1, 0.15) is 11.6 Å². The molecule has 0 unspecified atom stereocenters. The van der Waals surface area contributed by atoms with Crippen LogP contribution in [0.5, 0.6) is 0 Å². The van der Waals surface area contributed by atoms with Crippen molar-refractivity contribution in [2.24, 2.45) is 0 Å². The minimum atomic E-state index is -2.13. The smallest absolute Gasteiger partial charge is 0.228 e. The number of anilines is 1. The lowest BCUT2D eigenvalue weighted by molar-refractivity contribution is -0.115. The number of rotatable bonds is 6. The number of hydrogen-bond acceptors (Lipinski definition) is 2. The SMILES string of the molecule is COCc1ccc(CC(=O)Nc2cc(F)c([Si](C)(C)C)c(F)c2)cc1. The number of carbonyl (C=O) groups is 1. The Morgan fingerprint density at radius 1 is 1.04 bits per heavy atom. The molecule has 2 aromatic carbocycles. The van der Waals surface area contributed by atoms with Gasteiger partial charge in [-0.3, -0.25) is 4.79 Å². The molecule has 0 aromatic heterocycles. The summed E-state index contributed by atoms with van der Waals surface area (Å²) in [5.74, 6) is -1.52. The van der Waals surface area contributed by atoms with Crippen molar-refractivity contribution in [1.29, 1.82) is 0 Å². The first kappa shape index (κ1) is 19.3. The average molecular weight is 363 g/mol. The molecule has 0 spiro atoms. The Bertz CT molecular complexity index is 732. The normalized spacial score (nSPS) is 11.4. The first-order chi connectivity index (χ1) is 11.7. The highest BCUT2D eigenvalue weighted by Gasteiger charge is 2.25. The van der Waals surface area contributed by atoms with E-state index in [0.29, 0.717) is 6.61 Å². The van der Waals surface area contributed by atoms with E-state index >= 15 is 0 Å². The Hall–Kier alpha value is -2.05. The van der Waals surface area contributed by atoms with E-state index in [1.807, 2.05) is 43.9 Å². The second kappa shape index (κ2) is 7.88. The van der Waals surface area contributed by atoms with Gasteiger partial charge in [-0.2, -0.15) is 0 Å². The number of nitrogens with one attached hydrogen (secondary N) is 1. The summed E-state index contributed by atoms with van der Waals surface area (Å²) in [4.78, 5) is 12.1. The zero-order valence-corrected chi connectivity index (χ0v) is 16.0. The summed E-state index contributed by atoms with van der Waals surface area (Å²) in [6, 6.07) is 9.82. The van der Waals surface area contributed by atoms with Gasteiger partial charge in [-0.05, 0) is 23.3 Å². The predicted molar refractivity (Wildman–Crippen MR) is 98.8 cm³/mol. The van der Waals surface area contributed by atoms with Crippen LogP contribution in [0.4, 0.5) is 14.5 Å². The van der Waals surface area contributed by atoms with Crippen molar-refractivity contribution in [2.45, 2.75) is 32.7 Å². The number of methoxy groups -OCH3 is 1. The van der Waals surface area contributed by atoms with Crippen LogP contribution < -0.4 is 10.5 Å². The fourth-order valence-electron chi connectivity index (χ4n) is 2.67. The molecule has 2 aromatic rings. The molecule has 0 saturated carbocycles. The maximum Gasteiger partial charge on any atom is 0.228 e. The molecule has 0 atom stereocenters. The van der Waals surface area contributed by atoms with E-state index in [2.05, 4.69) is 5.32 Å². The van der Waals surface area contributed by atoms with Gasteiger partial charge >= 0.3 is 0 Å². The lowest BCUT2D eigenvalue weighted by Gasteiger charge is -2.19. The highest BCUT2D eigenvalue weighted by molar-refractivity contribution is 6.88. The van der Waals surface area contributed by atoms with Crippen LogP contribution in [-0.4, -0.2) is 21.1 Å². The van der Waals surface area contributed by atoms with Crippen LogP contribution in [0.1, 0.15) is 11.1 Å². The van der Waals surface area contributed by atoms with Gasteiger partial charge in [0.25, 0.3) is 0 Å². The lowest BCUT2D eigenvalue weighted by Crippen LogP contribution is -2.42. The van der Waals surface area contributed by atoms with Crippen molar-refractivity contribution in [3.63, 3.8) is 0 Å². The number of amides is 1. The van der Waals surface area contributed by atoms with Crippen LogP contribution in [0.3, 0.4) is 0 Å². The first-order valence-electron chi connectivity index (χ1n) is 8.07. The van der Waals surface area contributed by atoms with Gasteiger partial charge in [0.2, 0.25) is 5.91 Å². The van der Waals surface area contributed by atoms with E-state index in [1.54, 1.807) is 7.11 Å². The summed E-state index contributed by atoms with van der Waals surface area (Å²) in [6.45, 7) is 6.13. The summed E-state index contributed by atoms with van der Waals surface area (Å²) < 4.78 is 33.5. The highest BCUT2D eigenvalue weighted by Crippen LogP contribution is 2.16. The third-order valence-corrected chi connectivity index (χ3v) is 5.75. The Balaban J connectivity index is 2.08. The minimum Gasteiger partial charge on any atom is -0.380 e. The summed E-state index contributed by atoms with van der Waals surface area (Å²) >= 11 is 0. The molecular formula is C19H23F2NO2Si. The van der Waals surface area contributed by atoms with Crippen LogP contribution in [0.25, 0.3) is 0 Å². The Kier molecular flexibility index (Phi) is 6.08. The molecule has 1 N–H and O–H groups in total. The number of hydrogen-bond donors (Lipinski definition) is 1. The molecule has 0 fully saturated rings. The molecule has 134 valence electrons. The standard InChI is InChI=1S/C19H23F2NO2Si/c1-24-12-14-7-5-13(6-8-14)9-18(23)22-15-10-16(20)19(17(21)11-15)25(2,3)4/h5-8,10-11H,9,12H2,1-4H3,(H,22,23). The fraction of sp³-hybridized carbons (Fsp3) is 0.316. The number of halogens is 2. The molecule has 3 nitrogen and oxygen atoms in total. The molecule has 0 radical (unpaired) electrons. The van der Waals surface area contributed by atoms with E-state index in [4.69, 9.17) is 4.74 Å². The number of benzene rings is 2. The van der Waals surface area contributed by atoms with E-state index < -0.39 is 19.7 Å². The lowest BCUT2D eigenvalue weighted by atomic mass is 10.1. The largest absolute Gasteiger partial charge is 0.380 e. The minimum absolute atomic E-state index is 0.131. The van der Waals surface area contributed by atoms with Crippen molar-refractivity contribution in [3.05, 3.63) is 59.2 Å².